The second-order valence-corrected chi connectivity index (χ2v) is 5.87. The smallest absolute Gasteiger partial charge is 0.384 e. The van der Waals surface area contributed by atoms with Crippen LogP contribution in [0.2, 0.25) is 0 Å². The van der Waals surface area contributed by atoms with Gasteiger partial charge in [0.1, 0.15) is 11.6 Å². The number of aromatic nitrogens is 1. The summed E-state index contributed by atoms with van der Waals surface area (Å²) in [5.41, 5.74) is 4.78. The molecule has 1 saturated carbocycles. The van der Waals surface area contributed by atoms with Crippen molar-refractivity contribution in [3.8, 4) is 0 Å². The molecule has 21 heavy (non-hydrogen) atoms. The number of halogens is 3. The van der Waals surface area contributed by atoms with Gasteiger partial charge in [-0.05, 0) is 30.9 Å². The van der Waals surface area contributed by atoms with E-state index in [9.17, 15) is 13.2 Å². The topological polar surface area (TPSA) is 45.4 Å². The van der Waals surface area contributed by atoms with Gasteiger partial charge >= 0.3 is 6.18 Å². The molecule has 1 aromatic heterocycles. The van der Waals surface area contributed by atoms with Crippen molar-refractivity contribution in [3.05, 3.63) is 17.7 Å². The summed E-state index contributed by atoms with van der Waals surface area (Å²) in [4.78, 5) is 8.32. The first-order valence-corrected chi connectivity index (χ1v) is 7.24. The van der Waals surface area contributed by atoms with Gasteiger partial charge in [-0.1, -0.05) is 0 Å². The van der Waals surface area contributed by atoms with Crippen molar-refractivity contribution in [3.63, 3.8) is 0 Å². The van der Waals surface area contributed by atoms with E-state index >= 15 is 0 Å². The largest absolute Gasteiger partial charge is 0.416 e. The van der Waals surface area contributed by atoms with Gasteiger partial charge in [-0.15, -0.1) is 0 Å². The first kappa shape index (κ1) is 14.4. The molecule has 0 aromatic carbocycles. The Morgan fingerprint density at radius 2 is 1.81 bits per heavy atom. The average molecular weight is 300 g/mol. The molecule has 0 spiro atoms. The molecule has 2 aliphatic rings. The number of alkyl halides is 3. The van der Waals surface area contributed by atoms with Gasteiger partial charge in [0.25, 0.3) is 0 Å². The monoisotopic (exact) mass is 300 g/mol. The van der Waals surface area contributed by atoms with Crippen molar-refractivity contribution < 1.29 is 13.2 Å². The van der Waals surface area contributed by atoms with Gasteiger partial charge in [-0.3, -0.25) is 4.90 Å². The molecule has 4 nitrogen and oxygen atoms in total. The molecule has 1 saturated heterocycles. The van der Waals surface area contributed by atoms with E-state index in [1.165, 1.54) is 12.8 Å². The summed E-state index contributed by atoms with van der Waals surface area (Å²) in [6, 6.07) is 1.97. The molecule has 3 rings (SSSR count). The van der Waals surface area contributed by atoms with Crippen LogP contribution in [0.15, 0.2) is 12.1 Å². The van der Waals surface area contributed by atoms with E-state index in [0.717, 1.165) is 37.7 Å². The molecule has 0 unspecified atom stereocenters. The van der Waals surface area contributed by atoms with Gasteiger partial charge in [0.15, 0.2) is 0 Å². The minimum atomic E-state index is -4.39. The molecular weight excluding hydrogens is 281 g/mol. The summed E-state index contributed by atoms with van der Waals surface area (Å²) < 4.78 is 38.5. The van der Waals surface area contributed by atoms with E-state index in [0.29, 0.717) is 18.9 Å². The van der Waals surface area contributed by atoms with Crippen LogP contribution in [0.1, 0.15) is 18.4 Å². The van der Waals surface area contributed by atoms with Gasteiger partial charge in [-0.25, -0.2) is 4.98 Å². The van der Waals surface area contributed by atoms with Crippen molar-refractivity contribution in [2.75, 3.05) is 43.4 Å². The minimum absolute atomic E-state index is 0.0831. The lowest BCUT2D eigenvalue weighted by Crippen LogP contribution is -2.47. The van der Waals surface area contributed by atoms with Crippen LogP contribution < -0.4 is 10.6 Å². The maximum atomic E-state index is 12.8. The first-order chi connectivity index (χ1) is 9.91. The molecule has 0 amide bonds. The molecule has 1 aromatic rings. The zero-order valence-corrected chi connectivity index (χ0v) is 11.7. The van der Waals surface area contributed by atoms with Crippen molar-refractivity contribution in [1.29, 1.82) is 0 Å². The summed E-state index contributed by atoms with van der Waals surface area (Å²) in [7, 11) is 0. The Kier molecular flexibility index (Phi) is 3.69. The molecule has 2 heterocycles. The predicted molar refractivity (Wildman–Crippen MR) is 75.0 cm³/mol. The van der Waals surface area contributed by atoms with Crippen molar-refractivity contribution in [1.82, 2.24) is 9.88 Å². The van der Waals surface area contributed by atoms with Crippen molar-refractivity contribution in [2.24, 2.45) is 5.92 Å². The minimum Gasteiger partial charge on any atom is -0.384 e. The highest BCUT2D eigenvalue weighted by Crippen LogP contribution is 2.33. The third kappa shape index (κ3) is 3.58. The number of piperazine rings is 1. The standard InChI is InChI=1S/C14H19F3N4/c15-14(16,17)11-7-12(18)19-13(8-11)21-5-3-20(4-6-21)9-10-1-2-10/h7-8,10H,1-6,9H2,(H2,18,19). The lowest BCUT2D eigenvalue weighted by molar-refractivity contribution is -0.137. The fraction of sp³-hybridized carbons (Fsp3) is 0.643. The van der Waals surface area contributed by atoms with E-state index in [-0.39, 0.29) is 5.82 Å². The second-order valence-electron chi connectivity index (χ2n) is 5.87. The van der Waals surface area contributed by atoms with Crippen molar-refractivity contribution >= 4 is 11.6 Å². The predicted octanol–water partition coefficient (Wildman–Crippen LogP) is 2.21. The van der Waals surface area contributed by atoms with E-state index in [4.69, 9.17) is 5.73 Å². The van der Waals surface area contributed by atoms with E-state index in [1.54, 1.807) is 0 Å². The van der Waals surface area contributed by atoms with E-state index in [1.807, 2.05) is 4.90 Å². The number of pyridine rings is 1. The number of rotatable bonds is 3. The molecule has 0 bridgehead atoms. The van der Waals surface area contributed by atoms with Gasteiger partial charge in [0, 0.05) is 32.7 Å². The highest BCUT2D eigenvalue weighted by molar-refractivity contribution is 5.49. The zero-order valence-electron chi connectivity index (χ0n) is 11.7. The molecule has 1 aliphatic heterocycles. The zero-order chi connectivity index (χ0) is 15.0. The molecule has 0 atom stereocenters. The van der Waals surface area contributed by atoms with Crippen LogP contribution in [0.3, 0.4) is 0 Å². The number of hydrogen-bond donors (Lipinski definition) is 1. The first-order valence-electron chi connectivity index (χ1n) is 7.24. The molecule has 1 aliphatic carbocycles. The Bertz CT molecular complexity index is 505. The van der Waals surface area contributed by atoms with Crippen LogP contribution in [-0.4, -0.2) is 42.6 Å². The lowest BCUT2D eigenvalue weighted by atomic mass is 10.2. The summed E-state index contributed by atoms with van der Waals surface area (Å²) in [6.45, 7) is 4.25. The number of nitrogens with zero attached hydrogens (tertiary/aromatic N) is 3. The fourth-order valence-electron chi connectivity index (χ4n) is 2.69. The van der Waals surface area contributed by atoms with Crippen LogP contribution in [-0.2, 0) is 6.18 Å². The third-order valence-corrected chi connectivity index (χ3v) is 4.07. The fourth-order valence-corrected chi connectivity index (χ4v) is 2.69. The van der Waals surface area contributed by atoms with Gasteiger partial charge < -0.3 is 10.6 Å². The van der Waals surface area contributed by atoms with Crippen molar-refractivity contribution in [2.45, 2.75) is 19.0 Å². The molecule has 2 fully saturated rings. The normalized spacial score (nSPS) is 20.8. The van der Waals surface area contributed by atoms with Crippen LogP contribution in [0.5, 0.6) is 0 Å². The summed E-state index contributed by atoms with van der Waals surface area (Å²) >= 11 is 0. The SMILES string of the molecule is Nc1cc(C(F)(F)F)cc(N2CCN(CC3CC3)CC2)n1. The number of nitrogens with two attached hydrogens (primary N) is 1. The Morgan fingerprint density at radius 1 is 1.14 bits per heavy atom. The van der Waals surface area contributed by atoms with E-state index in [2.05, 4.69) is 9.88 Å². The van der Waals surface area contributed by atoms with Crippen LogP contribution in [0.4, 0.5) is 24.8 Å². The van der Waals surface area contributed by atoms with Gasteiger partial charge in [-0.2, -0.15) is 13.2 Å². The Labute approximate surface area is 121 Å². The van der Waals surface area contributed by atoms with Gasteiger partial charge in [0.2, 0.25) is 0 Å². The maximum Gasteiger partial charge on any atom is 0.416 e. The molecule has 2 N–H and O–H groups in total. The second kappa shape index (κ2) is 5.36. The number of nitrogen functional groups attached to an aromatic ring is 1. The maximum absolute atomic E-state index is 12.8. The number of anilines is 2. The third-order valence-electron chi connectivity index (χ3n) is 4.07. The summed E-state index contributed by atoms with van der Waals surface area (Å²) in [5, 5.41) is 0. The number of hydrogen-bond acceptors (Lipinski definition) is 4. The summed E-state index contributed by atoms with van der Waals surface area (Å²) in [6.07, 6.45) is -1.77. The highest BCUT2D eigenvalue weighted by atomic mass is 19.4. The molecule has 0 radical (unpaired) electrons. The van der Waals surface area contributed by atoms with Crippen LogP contribution in [0, 0.1) is 5.92 Å². The van der Waals surface area contributed by atoms with Gasteiger partial charge in [0.05, 0.1) is 5.56 Å². The molecular formula is C14H19F3N4. The van der Waals surface area contributed by atoms with E-state index < -0.39 is 11.7 Å². The Hall–Kier alpha value is -1.50. The highest BCUT2D eigenvalue weighted by Gasteiger charge is 2.32. The van der Waals surface area contributed by atoms with Crippen LogP contribution >= 0.6 is 0 Å². The Morgan fingerprint density at radius 3 is 2.38 bits per heavy atom. The lowest BCUT2D eigenvalue weighted by Gasteiger charge is -2.35. The summed E-state index contributed by atoms with van der Waals surface area (Å²) in [5.74, 6) is 1.08. The quantitative estimate of drug-likeness (QED) is 0.929. The Balaban J connectivity index is 1.68. The molecule has 7 heteroatoms. The molecule has 116 valence electrons. The van der Waals surface area contributed by atoms with Crippen LogP contribution in [0.25, 0.3) is 0 Å². The average Bonchev–Trinajstić information content (AvgIpc) is 3.22.